The molecule has 0 unspecified atom stereocenters. The van der Waals surface area contributed by atoms with Crippen molar-refractivity contribution in [3.05, 3.63) is 51.8 Å². The molecule has 0 bridgehead atoms. The van der Waals surface area contributed by atoms with Crippen LogP contribution in [0.5, 0.6) is 0 Å². The molecule has 0 saturated carbocycles. The number of aromatic nitrogens is 2. The topological polar surface area (TPSA) is 37.8 Å². The first-order valence-electron chi connectivity index (χ1n) is 6.36. The van der Waals surface area contributed by atoms with Gasteiger partial charge in [-0.1, -0.05) is 17.7 Å². The Balaban J connectivity index is 1.77. The molecule has 1 aromatic heterocycles. The summed E-state index contributed by atoms with van der Waals surface area (Å²) in [6, 6.07) is 3.47. The highest BCUT2D eigenvalue weighted by molar-refractivity contribution is 6.30. The largest absolute Gasteiger partial charge is 0.350 e. The highest BCUT2D eigenvalue weighted by atomic mass is 35.5. The Hall–Kier alpha value is -1.75. The van der Waals surface area contributed by atoms with E-state index in [4.69, 9.17) is 11.6 Å². The lowest BCUT2D eigenvalue weighted by Gasteiger charge is -2.08. The summed E-state index contributed by atoms with van der Waals surface area (Å²) in [5.41, 5.74) is 2.31. The quantitative estimate of drug-likeness (QED) is 0.881. The van der Waals surface area contributed by atoms with E-state index in [0.29, 0.717) is 16.7 Å². The van der Waals surface area contributed by atoms with Gasteiger partial charge in [0.2, 0.25) is 5.95 Å². The molecular formula is C14H12ClF2N3. The molecule has 3 nitrogen and oxygen atoms in total. The maximum Gasteiger partial charge on any atom is 0.224 e. The summed E-state index contributed by atoms with van der Waals surface area (Å²) in [4.78, 5) is 8.53. The van der Waals surface area contributed by atoms with Gasteiger partial charge in [-0.3, -0.25) is 0 Å². The minimum Gasteiger partial charge on any atom is -0.350 e. The van der Waals surface area contributed by atoms with Crippen molar-refractivity contribution in [2.24, 2.45) is 0 Å². The fraction of sp³-hybridized carbons (Fsp3) is 0.286. The van der Waals surface area contributed by atoms with Crippen LogP contribution in [0.1, 0.15) is 23.2 Å². The molecule has 0 amide bonds. The molecule has 0 aliphatic heterocycles. The number of fused-ring (bicyclic) bond motifs is 1. The van der Waals surface area contributed by atoms with E-state index >= 15 is 0 Å². The van der Waals surface area contributed by atoms with E-state index in [1.165, 1.54) is 12.1 Å². The highest BCUT2D eigenvalue weighted by Gasteiger charge is 2.18. The predicted octanol–water partition coefficient (Wildman–Crippen LogP) is 3.51. The molecule has 1 N–H and O–H groups in total. The molecule has 0 atom stereocenters. The Labute approximate surface area is 120 Å². The summed E-state index contributed by atoms with van der Waals surface area (Å²) in [6.07, 6.45) is 2.82. The van der Waals surface area contributed by atoms with Crippen LogP contribution in [0.15, 0.2) is 18.2 Å². The van der Waals surface area contributed by atoms with E-state index in [2.05, 4.69) is 15.3 Å². The molecule has 1 aliphatic carbocycles. The monoisotopic (exact) mass is 295 g/mol. The lowest BCUT2D eigenvalue weighted by molar-refractivity contribution is 0.574. The molecule has 104 valence electrons. The second-order valence-electron chi connectivity index (χ2n) is 4.71. The van der Waals surface area contributed by atoms with Gasteiger partial charge in [0.15, 0.2) is 0 Å². The average molecular weight is 296 g/mol. The van der Waals surface area contributed by atoms with Crippen LogP contribution in [-0.4, -0.2) is 9.97 Å². The van der Waals surface area contributed by atoms with Gasteiger partial charge in [0.1, 0.15) is 16.8 Å². The minimum absolute atomic E-state index is 0.182. The second kappa shape index (κ2) is 5.32. The number of rotatable bonds is 3. The van der Waals surface area contributed by atoms with Crippen molar-refractivity contribution < 1.29 is 8.78 Å². The molecule has 0 fully saturated rings. The smallest absolute Gasteiger partial charge is 0.224 e. The molecule has 1 aliphatic rings. The minimum atomic E-state index is -0.594. The molecule has 0 spiro atoms. The van der Waals surface area contributed by atoms with Gasteiger partial charge in [0.05, 0.1) is 5.69 Å². The number of hydrogen-bond acceptors (Lipinski definition) is 3. The summed E-state index contributed by atoms with van der Waals surface area (Å²) in [5, 5.41) is 3.38. The van der Waals surface area contributed by atoms with Gasteiger partial charge in [0.25, 0.3) is 0 Å². The first-order chi connectivity index (χ1) is 9.63. The van der Waals surface area contributed by atoms with Gasteiger partial charge in [-0.2, -0.15) is 0 Å². The van der Waals surface area contributed by atoms with Gasteiger partial charge in [-0.25, -0.2) is 18.7 Å². The summed E-state index contributed by atoms with van der Waals surface area (Å²) in [7, 11) is 0. The zero-order valence-corrected chi connectivity index (χ0v) is 11.3. The third kappa shape index (κ3) is 2.58. The Morgan fingerprint density at radius 3 is 2.85 bits per heavy atom. The van der Waals surface area contributed by atoms with E-state index in [-0.39, 0.29) is 6.54 Å². The van der Waals surface area contributed by atoms with Crippen molar-refractivity contribution in [1.29, 1.82) is 0 Å². The first kappa shape index (κ1) is 13.2. The maximum atomic E-state index is 13.5. The first-order valence-corrected chi connectivity index (χ1v) is 6.74. The van der Waals surface area contributed by atoms with Crippen molar-refractivity contribution in [2.45, 2.75) is 25.8 Å². The molecule has 0 saturated heterocycles. The van der Waals surface area contributed by atoms with Crippen LogP contribution in [0, 0.1) is 11.6 Å². The Kier molecular flexibility index (Phi) is 3.53. The number of benzene rings is 1. The van der Waals surface area contributed by atoms with E-state index in [1.54, 1.807) is 0 Å². The molecule has 20 heavy (non-hydrogen) atoms. The average Bonchev–Trinajstić information content (AvgIpc) is 2.86. The van der Waals surface area contributed by atoms with Crippen molar-refractivity contribution in [3.8, 4) is 0 Å². The fourth-order valence-electron chi connectivity index (χ4n) is 2.31. The molecule has 0 radical (unpaired) electrons. The third-order valence-corrected chi connectivity index (χ3v) is 3.65. The van der Waals surface area contributed by atoms with E-state index in [9.17, 15) is 8.78 Å². The number of anilines is 1. The van der Waals surface area contributed by atoms with Crippen LogP contribution >= 0.6 is 11.6 Å². The molecule has 6 heteroatoms. The van der Waals surface area contributed by atoms with Crippen LogP contribution in [0.3, 0.4) is 0 Å². The van der Waals surface area contributed by atoms with E-state index < -0.39 is 11.6 Å². The summed E-state index contributed by atoms with van der Waals surface area (Å²) < 4.78 is 26.3. The molecule has 2 aromatic rings. The zero-order valence-electron chi connectivity index (χ0n) is 10.6. The van der Waals surface area contributed by atoms with Gasteiger partial charge in [0, 0.05) is 23.7 Å². The van der Waals surface area contributed by atoms with Gasteiger partial charge in [-0.15, -0.1) is 0 Å². The number of aryl methyl sites for hydroxylation is 1. The number of nitrogens with one attached hydrogen (secondary N) is 1. The van der Waals surface area contributed by atoms with E-state index in [1.807, 2.05) is 0 Å². The second-order valence-corrected chi connectivity index (χ2v) is 5.06. The van der Waals surface area contributed by atoms with Gasteiger partial charge in [-0.05, 0) is 25.3 Å². The summed E-state index contributed by atoms with van der Waals surface area (Å²) in [5.74, 6) is -0.813. The Bertz CT molecular complexity index is 661. The van der Waals surface area contributed by atoms with Crippen LogP contribution in [0.2, 0.25) is 5.15 Å². The standard InChI is InChI=1S/C14H12ClF2N3/c15-13-10-2-1-3-12(10)19-14(20-13)18-7-8-4-5-9(16)6-11(8)17/h4-6H,1-3,7H2,(H,18,19,20). The van der Waals surface area contributed by atoms with Crippen molar-refractivity contribution in [2.75, 3.05) is 5.32 Å². The van der Waals surface area contributed by atoms with Crippen LogP contribution in [0.4, 0.5) is 14.7 Å². The van der Waals surface area contributed by atoms with Crippen LogP contribution in [0.25, 0.3) is 0 Å². The van der Waals surface area contributed by atoms with Crippen molar-refractivity contribution in [3.63, 3.8) is 0 Å². The number of nitrogens with zero attached hydrogens (tertiary/aromatic N) is 2. The lowest BCUT2D eigenvalue weighted by atomic mass is 10.2. The van der Waals surface area contributed by atoms with Crippen LogP contribution in [-0.2, 0) is 19.4 Å². The summed E-state index contributed by atoms with van der Waals surface area (Å²) >= 11 is 6.09. The highest BCUT2D eigenvalue weighted by Crippen LogP contribution is 2.27. The Morgan fingerprint density at radius 1 is 1.20 bits per heavy atom. The SMILES string of the molecule is Fc1ccc(CNc2nc(Cl)c3c(n2)CCC3)c(F)c1. The van der Waals surface area contributed by atoms with Gasteiger partial charge < -0.3 is 5.32 Å². The van der Waals surface area contributed by atoms with Crippen molar-refractivity contribution >= 4 is 17.5 Å². The molecular weight excluding hydrogens is 284 g/mol. The fourth-order valence-corrected chi connectivity index (χ4v) is 2.59. The normalized spacial score (nSPS) is 13.3. The van der Waals surface area contributed by atoms with Crippen LogP contribution < -0.4 is 5.32 Å². The van der Waals surface area contributed by atoms with Gasteiger partial charge >= 0.3 is 0 Å². The molecule has 1 heterocycles. The molecule has 3 rings (SSSR count). The zero-order chi connectivity index (χ0) is 14.1. The number of halogens is 3. The summed E-state index contributed by atoms with van der Waals surface area (Å²) in [6.45, 7) is 0.182. The predicted molar refractivity (Wildman–Crippen MR) is 72.8 cm³/mol. The number of hydrogen-bond donors (Lipinski definition) is 1. The Morgan fingerprint density at radius 2 is 2.05 bits per heavy atom. The van der Waals surface area contributed by atoms with E-state index in [0.717, 1.165) is 36.6 Å². The van der Waals surface area contributed by atoms with Crippen molar-refractivity contribution in [1.82, 2.24) is 9.97 Å². The molecule has 1 aromatic carbocycles. The maximum absolute atomic E-state index is 13.5. The lowest BCUT2D eigenvalue weighted by Crippen LogP contribution is -2.07. The third-order valence-electron chi connectivity index (χ3n) is 3.33.